The van der Waals surface area contributed by atoms with E-state index in [9.17, 15) is 18.0 Å². The summed E-state index contributed by atoms with van der Waals surface area (Å²) in [6.07, 6.45) is 0. The van der Waals surface area contributed by atoms with E-state index in [2.05, 4.69) is 25.0 Å². The molecule has 1 heterocycles. The molecule has 2 amide bonds. The molecule has 0 spiro atoms. The fraction of sp³-hybridized carbons (Fsp3) is 0.214. The van der Waals surface area contributed by atoms with Gasteiger partial charge in [0.05, 0.1) is 19.8 Å². The van der Waals surface area contributed by atoms with Gasteiger partial charge in [-0.2, -0.15) is 15.0 Å². The molecular weight excluding hydrogens is 493 g/mol. The van der Waals surface area contributed by atoms with Crippen LogP contribution >= 0.6 is 24.0 Å². The SMILES string of the molecule is COC(=O)c1ccccc1S(=O)(=O)NC(=O)Nc1nc(C)nc(OC)n1.I. The molecule has 2 rings (SSSR count). The molecule has 0 unspecified atom stereocenters. The normalized spacial score (nSPS) is 10.3. The molecule has 0 aliphatic carbocycles. The first-order valence-electron chi connectivity index (χ1n) is 7.04. The number of rotatable bonds is 5. The lowest BCUT2D eigenvalue weighted by atomic mass is 10.2. The largest absolute Gasteiger partial charge is 0.467 e. The number of carbonyl (C=O) groups excluding carboxylic acids is 2. The number of methoxy groups -OCH3 is 2. The fourth-order valence-corrected chi connectivity index (χ4v) is 2.99. The topological polar surface area (TPSA) is 149 Å². The number of sulfonamides is 1. The van der Waals surface area contributed by atoms with Gasteiger partial charge in [0.25, 0.3) is 10.0 Å². The lowest BCUT2D eigenvalue weighted by Crippen LogP contribution is -2.35. The van der Waals surface area contributed by atoms with E-state index in [0.29, 0.717) is 0 Å². The molecule has 0 saturated carbocycles. The van der Waals surface area contributed by atoms with E-state index < -0.39 is 26.9 Å². The Morgan fingerprint density at radius 2 is 1.74 bits per heavy atom. The van der Waals surface area contributed by atoms with Crippen molar-refractivity contribution in [3.05, 3.63) is 35.7 Å². The van der Waals surface area contributed by atoms with Crippen LogP contribution in [0.1, 0.15) is 16.2 Å². The van der Waals surface area contributed by atoms with Crippen LogP contribution in [0.2, 0.25) is 0 Å². The molecular formula is C14H16IN5O6S. The third kappa shape index (κ3) is 5.72. The highest BCUT2D eigenvalue weighted by Gasteiger charge is 2.25. The summed E-state index contributed by atoms with van der Waals surface area (Å²) >= 11 is 0. The average Bonchev–Trinajstić information content (AvgIpc) is 2.59. The number of benzene rings is 1. The van der Waals surface area contributed by atoms with Gasteiger partial charge < -0.3 is 9.47 Å². The quantitative estimate of drug-likeness (QED) is 0.446. The minimum absolute atomic E-state index is 0. The first kappa shape index (κ1) is 22.5. The molecule has 0 aliphatic heterocycles. The molecule has 27 heavy (non-hydrogen) atoms. The van der Waals surface area contributed by atoms with Gasteiger partial charge in [-0.1, -0.05) is 12.1 Å². The zero-order valence-corrected chi connectivity index (χ0v) is 17.6. The molecule has 1 aromatic heterocycles. The van der Waals surface area contributed by atoms with Gasteiger partial charge in [0.2, 0.25) is 5.95 Å². The third-order valence-corrected chi connectivity index (χ3v) is 4.33. The lowest BCUT2D eigenvalue weighted by molar-refractivity contribution is 0.0596. The number of halogens is 1. The predicted octanol–water partition coefficient (Wildman–Crippen LogP) is 1.10. The van der Waals surface area contributed by atoms with E-state index in [1.807, 2.05) is 0 Å². The number of urea groups is 1. The number of anilines is 1. The highest BCUT2D eigenvalue weighted by Crippen LogP contribution is 2.16. The summed E-state index contributed by atoms with van der Waals surface area (Å²) in [4.78, 5) is 34.7. The van der Waals surface area contributed by atoms with Crippen molar-refractivity contribution in [2.75, 3.05) is 19.5 Å². The average molecular weight is 509 g/mol. The number of aryl methyl sites for hydroxylation is 1. The van der Waals surface area contributed by atoms with Crippen LogP contribution in [0.25, 0.3) is 0 Å². The number of ether oxygens (including phenoxy) is 2. The van der Waals surface area contributed by atoms with Crippen LogP contribution in [0.4, 0.5) is 10.7 Å². The van der Waals surface area contributed by atoms with Crippen molar-refractivity contribution < 1.29 is 27.5 Å². The molecule has 0 fully saturated rings. The molecule has 0 aliphatic rings. The molecule has 0 radical (unpaired) electrons. The Hall–Kier alpha value is -2.55. The van der Waals surface area contributed by atoms with Crippen LogP contribution in [0.3, 0.4) is 0 Å². The maximum Gasteiger partial charge on any atom is 0.339 e. The number of esters is 1. The summed E-state index contributed by atoms with van der Waals surface area (Å²) < 4.78 is 36.0. The van der Waals surface area contributed by atoms with Crippen molar-refractivity contribution in [2.24, 2.45) is 0 Å². The van der Waals surface area contributed by atoms with Crippen molar-refractivity contribution >= 4 is 51.9 Å². The van der Waals surface area contributed by atoms with E-state index in [1.165, 1.54) is 32.2 Å². The van der Waals surface area contributed by atoms with E-state index in [0.717, 1.165) is 13.2 Å². The van der Waals surface area contributed by atoms with Crippen molar-refractivity contribution in [2.45, 2.75) is 11.8 Å². The maximum atomic E-state index is 12.4. The van der Waals surface area contributed by atoms with Crippen LogP contribution in [0, 0.1) is 6.92 Å². The third-order valence-electron chi connectivity index (χ3n) is 2.94. The van der Waals surface area contributed by atoms with Crippen molar-refractivity contribution in [3.63, 3.8) is 0 Å². The van der Waals surface area contributed by atoms with Crippen molar-refractivity contribution in [1.82, 2.24) is 19.7 Å². The van der Waals surface area contributed by atoms with Crippen LogP contribution in [-0.2, 0) is 14.8 Å². The number of nitrogens with one attached hydrogen (secondary N) is 2. The predicted molar refractivity (Wildman–Crippen MR) is 104 cm³/mol. The summed E-state index contributed by atoms with van der Waals surface area (Å²) in [5.41, 5.74) is -0.215. The summed E-state index contributed by atoms with van der Waals surface area (Å²) in [5, 5.41) is 2.16. The first-order valence-corrected chi connectivity index (χ1v) is 8.53. The number of carbonyl (C=O) groups is 2. The molecule has 0 saturated heterocycles. The summed E-state index contributed by atoms with van der Waals surface area (Å²) in [5.74, 6) is -0.807. The number of hydrogen-bond donors (Lipinski definition) is 2. The Morgan fingerprint density at radius 1 is 1.07 bits per heavy atom. The number of nitrogens with zero attached hydrogens (tertiary/aromatic N) is 3. The van der Waals surface area contributed by atoms with Gasteiger partial charge >= 0.3 is 18.0 Å². The van der Waals surface area contributed by atoms with Crippen LogP contribution < -0.4 is 14.8 Å². The minimum Gasteiger partial charge on any atom is -0.467 e. The molecule has 146 valence electrons. The molecule has 2 aromatic rings. The smallest absolute Gasteiger partial charge is 0.339 e. The zero-order valence-electron chi connectivity index (χ0n) is 14.4. The highest BCUT2D eigenvalue weighted by atomic mass is 127. The molecule has 11 nitrogen and oxygen atoms in total. The summed E-state index contributed by atoms with van der Waals surface area (Å²) in [6, 6.07) is 4.12. The van der Waals surface area contributed by atoms with Crippen molar-refractivity contribution in [1.29, 1.82) is 0 Å². The second-order valence-corrected chi connectivity index (χ2v) is 6.39. The number of aromatic nitrogens is 3. The second-order valence-electron chi connectivity index (χ2n) is 4.74. The molecule has 1 aromatic carbocycles. The second kappa shape index (κ2) is 9.40. The van der Waals surface area contributed by atoms with E-state index in [-0.39, 0.29) is 47.3 Å². The lowest BCUT2D eigenvalue weighted by Gasteiger charge is -2.11. The van der Waals surface area contributed by atoms with Gasteiger partial charge in [-0.25, -0.2) is 22.7 Å². The van der Waals surface area contributed by atoms with E-state index in [4.69, 9.17) is 4.74 Å². The Kier molecular flexibility index (Phi) is 7.83. The highest BCUT2D eigenvalue weighted by molar-refractivity contribution is 14.0. The molecule has 2 N–H and O–H groups in total. The Morgan fingerprint density at radius 3 is 2.37 bits per heavy atom. The van der Waals surface area contributed by atoms with Gasteiger partial charge in [0.15, 0.2) is 0 Å². The standard InChI is InChI=1S/C14H15N5O6S.HI/c1-8-15-12(18-14(16-8)25-3)17-13(21)19-26(22,23)10-7-5-4-6-9(10)11(20)24-2;/h4-7H,1-3H3,(H2,15,16,17,18,19,21);1H. The Labute approximate surface area is 172 Å². The van der Waals surface area contributed by atoms with Crippen LogP contribution in [-0.4, -0.2) is 49.6 Å². The molecule has 0 bridgehead atoms. The van der Waals surface area contributed by atoms with E-state index in [1.54, 1.807) is 4.72 Å². The van der Waals surface area contributed by atoms with Gasteiger partial charge in [0, 0.05) is 0 Å². The van der Waals surface area contributed by atoms with Gasteiger partial charge in [-0.3, -0.25) is 5.32 Å². The van der Waals surface area contributed by atoms with Crippen LogP contribution in [0.15, 0.2) is 29.2 Å². The fourth-order valence-electron chi connectivity index (χ4n) is 1.89. The molecule has 0 atom stereocenters. The minimum atomic E-state index is -4.36. The van der Waals surface area contributed by atoms with Gasteiger partial charge in [-0.05, 0) is 19.1 Å². The monoisotopic (exact) mass is 509 g/mol. The maximum absolute atomic E-state index is 12.4. The zero-order chi connectivity index (χ0) is 19.3. The van der Waals surface area contributed by atoms with Gasteiger partial charge in [0.1, 0.15) is 10.7 Å². The number of hydrogen-bond acceptors (Lipinski definition) is 9. The number of amides is 2. The van der Waals surface area contributed by atoms with Gasteiger partial charge in [-0.15, -0.1) is 24.0 Å². The van der Waals surface area contributed by atoms with E-state index >= 15 is 0 Å². The molecule has 13 heteroatoms. The van der Waals surface area contributed by atoms with Crippen LogP contribution in [0.5, 0.6) is 6.01 Å². The summed E-state index contributed by atoms with van der Waals surface area (Å²) in [7, 11) is -1.92. The first-order chi connectivity index (χ1) is 12.3. The Balaban J connectivity index is 0.00000364. The van der Waals surface area contributed by atoms with Crippen molar-refractivity contribution in [3.8, 4) is 6.01 Å². The Bertz CT molecular complexity index is 953. The summed E-state index contributed by atoms with van der Waals surface area (Å²) in [6.45, 7) is 1.54.